The highest BCUT2D eigenvalue weighted by Gasteiger charge is 2.23. The summed E-state index contributed by atoms with van der Waals surface area (Å²) in [6.45, 7) is 0. The summed E-state index contributed by atoms with van der Waals surface area (Å²) >= 11 is 0. The SMILES string of the molecule is COc1c(-c2cccc(OC3CC3)c2)nc[nH]c1=O. The van der Waals surface area contributed by atoms with Gasteiger partial charge in [-0.15, -0.1) is 0 Å². The van der Waals surface area contributed by atoms with Crippen LogP contribution in [0.5, 0.6) is 11.5 Å². The topological polar surface area (TPSA) is 64.2 Å². The van der Waals surface area contributed by atoms with E-state index < -0.39 is 0 Å². The number of ether oxygens (including phenoxy) is 2. The summed E-state index contributed by atoms with van der Waals surface area (Å²) in [5.74, 6) is 1.01. The summed E-state index contributed by atoms with van der Waals surface area (Å²) in [4.78, 5) is 18.3. The molecule has 1 fully saturated rings. The van der Waals surface area contributed by atoms with E-state index in [4.69, 9.17) is 9.47 Å². The fourth-order valence-corrected chi connectivity index (χ4v) is 1.88. The first-order chi connectivity index (χ1) is 9.28. The molecule has 0 bridgehead atoms. The molecule has 1 aromatic heterocycles. The van der Waals surface area contributed by atoms with Crippen molar-refractivity contribution in [3.63, 3.8) is 0 Å². The Kier molecular flexibility index (Phi) is 2.95. The first-order valence-corrected chi connectivity index (χ1v) is 6.16. The van der Waals surface area contributed by atoms with E-state index in [0.717, 1.165) is 24.2 Å². The third kappa shape index (κ3) is 2.45. The normalized spacial score (nSPS) is 14.2. The van der Waals surface area contributed by atoms with Crippen molar-refractivity contribution in [3.8, 4) is 22.8 Å². The van der Waals surface area contributed by atoms with E-state index in [9.17, 15) is 4.79 Å². The van der Waals surface area contributed by atoms with E-state index in [2.05, 4.69) is 9.97 Å². The fourth-order valence-electron chi connectivity index (χ4n) is 1.88. The predicted molar refractivity (Wildman–Crippen MR) is 70.5 cm³/mol. The number of methoxy groups -OCH3 is 1. The molecule has 0 saturated heterocycles. The molecular formula is C14H14N2O3. The van der Waals surface area contributed by atoms with Crippen LogP contribution in [0.2, 0.25) is 0 Å². The lowest BCUT2D eigenvalue weighted by Gasteiger charge is -2.08. The summed E-state index contributed by atoms with van der Waals surface area (Å²) in [5, 5.41) is 0. The highest BCUT2D eigenvalue weighted by atomic mass is 16.5. The molecule has 0 radical (unpaired) electrons. The molecule has 1 aromatic carbocycles. The highest BCUT2D eigenvalue weighted by Crippen LogP contribution is 2.31. The molecule has 19 heavy (non-hydrogen) atoms. The van der Waals surface area contributed by atoms with Crippen LogP contribution in [0.4, 0.5) is 0 Å². The molecule has 0 amide bonds. The second-order valence-electron chi connectivity index (χ2n) is 4.46. The molecule has 1 aliphatic rings. The Morgan fingerprint density at radius 3 is 2.95 bits per heavy atom. The van der Waals surface area contributed by atoms with E-state index in [-0.39, 0.29) is 11.3 Å². The third-order valence-electron chi connectivity index (χ3n) is 2.95. The van der Waals surface area contributed by atoms with E-state index in [1.54, 1.807) is 0 Å². The van der Waals surface area contributed by atoms with Crippen molar-refractivity contribution in [2.45, 2.75) is 18.9 Å². The number of H-pyrrole nitrogens is 1. The minimum absolute atomic E-state index is 0.214. The lowest BCUT2D eigenvalue weighted by Crippen LogP contribution is -2.11. The monoisotopic (exact) mass is 258 g/mol. The molecule has 98 valence electrons. The second kappa shape index (κ2) is 4.76. The summed E-state index contributed by atoms with van der Waals surface area (Å²) < 4.78 is 10.9. The van der Waals surface area contributed by atoms with Crippen molar-refractivity contribution in [3.05, 3.63) is 40.9 Å². The Morgan fingerprint density at radius 2 is 2.21 bits per heavy atom. The van der Waals surface area contributed by atoms with Crippen molar-refractivity contribution >= 4 is 0 Å². The van der Waals surface area contributed by atoms with Crippen molar-refractivity contribution in [1.29, 1.82) is 0 Å². The maximum Gasteiger partial charge on any atom is 0.293 e. The largest absolute Gasteiger partial charge is 0.490 e. The van der Waals surface area contributed by atoms with Gasteiger partial charge in [-0.1, -0.05) is 12.1 Å². The van der Waals surface area contributed by atoms with Gasteiger partial charge >= 0.3 is 0 Å². The van der Waals surface area contributed by atoms with Crippen molar-refractivity contribution in [2.24, 2.45) is 0 Å². The molecule has 0 spiro atoms. The number of rotatable bonds is 4. The van der Waals surface area contributed by atoms with Gasteiger partial charge < -0.3 is 14.5 Å². The van der Waals surface area contributed by atoms with Crippen LogP contribution in [0.3, 0.4) is 0 Å². The Balaban J connectivity index is 2.01. The van der Waals surface area contributed by atoms with Gasteiger partial charge in [0.2, 0.25) is 5.75 Å². The molecule has 0 aliphatic heterocycles. The number of benzene rings is 1. The van der Waals surface area contributed by atoms with E-state index in [1.165, 1.54) is 13.4 Å². The summed E-state index contributed by atoms with van der Waals surface area (Å²) in [6, 6.07) is 7.55. The molecule has 1 heterocycles. The van der Waals surface area contributed by atoms with Crippen molar-refractivity contribution in [2.75, 3.05) is 7.11 Å². The first-order valence-electron chi connectivity index (χ1n) is 6.16. The van der Waals surface area contributed by atoms with E-state index >= 15 is 0 Å². The molecule has 2 aromatic rings. The van der Waals surface area contributed by atoms with E-state index in [1.807, 2.05) is 24.3 Å². The molecular weight excluding hydrogens is 244 g/mol. The Labute approximate surface area is 110 Å². The lowest BCUT2D eigenvalue weighted by atomic mass is 10.1. The quantitative estimate of drug-likeness (QED) is 0.910. The van der Waals surface area contributed by atoms with Gasteiger partial charge in [-0.3, -0.25) is 4.79 Å². The highest BCUT2D eigenvalue weighted by molar-refractivity contribution is 5.66. The summed E-state index contributed by atoms with van der Waals surface area (Å²) in [6.07, 6.45) is 3.92. The fraction of sp³-hybridized carbons (Fsp3) is 0.286. The summed E-state index contributed by atoms with van der Waals surface area (Å²) in [5.41, 5.74) is 1.04. The van der Waals surface area contributed by atoms with E-state index in [0.29, 0.717) is 11.8 Å². The zero-order valence-electron chi connectivity index (χ0n) is 10.6. The van der Waals surface area contributed by atoms with Crippen LogP contribution in [0, 0.1) is 0 Å². The molecule has 1 N–H and O–H groups in total. The predicted octanol–water partition coefficient (Wildman–Crippen LogP) is 1.99. The second-order valence-corrected chi connectivity index (χ2v) is 4.46. The van der Waals surface area contributed by atoms with Crippen LogP contribution in [-0.4, -0.2) is 23.2 Å². The Bertz CT molecular complexity index is 647. The van der Waals surface area contributed by atoms with Gasteiger partial charge in [0.05, 0.1) is 19.5 Å². The molecule has 3 rings (SSSR count). The van der Waals surface area contributed by atoms with Crippen molar-refractivity contribution < 1.29 is 9.47 Å². The molecule has 5 heteroatoms. The number of hydrogen-bond donors (Lipinski definition) is 1. The van der Waals surface area contributed by atoms with Crippen LogP contribution < -0.4 is 15.0 Å². The van der Waals surface area contributed by atoms with Crippen LogP contribution in [0.25, 0.3) is 11.3 Å². The van der Waals surface area contributed by atoms with Gasteiger partial charge in [-0.05, 0) is 25.0 Å². The number of aromatic nitrogens is 2. The Hall–Kier alpha value is -2.30. The zero-order chi connectivity index (χ0) is 13.2. The number of nitrogens with zero attached hydrogens (tertiary/aromatic N) is 1. The van der Waals surface area contributed by atoms with Crippen LogP contribution >= 0.6 is 0 Å². The molecule has 0 atom stereocenters. The maximum absolute atomic E-state index is 11.7. The standard InChI is InChI=1S/C14H14N2O3/c1-18-13-12(15-8-16-14(13)17)9-3-2-4-11(7-9)19-10-5-6-10/h2-4,7-8,10H,5-6H2,1H3,(H,15,16,17). The third-order valence-corrected chi connectivity index (χ3v) is 2.95. The zero-order valence-corrected chi connectivity index (χ0v) is 10.6. The molecule has 0 unspecified atom stereocenters. The minimum Gasteiger partial charge on any atom is -0.490 e. The number of aromatic amines is 1. The van der Waals surface area contributed by atoms with Gasteiger partial charge in [-0.2, -0.15) is 0 Å². The van der Waals surface area contributed by atoms with Gasteiger partial charge in [0.15, 0.2) is 0 Å². The van der Waals surface area contributed by atoms with Crippen molar-refractivity contribution in [1.82, 2.24) is 9.97 Å². The molecule has 1 saturated carbocycles. The molecule has 5 nitrogen and oxygen atoms in total. The first kappa shape index (κ1) is 11.8. The van der Waals surface area contributed by atoms with Gasteiger partial charge in [0.25, 0.3) is 5.56 Å². The maximum atomic E-state index is 11.7. The average molecular weight is 258 g/mol. The molecule has 1 aliphatic carbocycles. The summed E-state index contributed by atoms with van der Waals surface area (Å²) in [7, 11) is 1.46. The van der Waals surface area contributed by atoms with Gasteiger partial charge in [0, 0.05) is 5.56 Å². The number of hydrogen-bond acceptors (Lipinski definition) is 4. The average Bonchev–Trinajstić information content (AvgIpc) is 3.23. The van der Waals surface area contributed by atoms with Crippen LogP contribution in [0.1, 0.15) is 12.8 Å². The van der Waals surface area contributed by atoms with Crippen LogP contribution in [-0.2, 0) is 0 Å². The smallest absolute Gasteiger partial charge is 0.293 e. The van der Waals surface area contributed by atoms with Gasteiger partial charge in [-0.25, -0.2) is 4.98 Å². The number of nitrogens with one attached hydrogen (secondary N) is 1. The Morgan fingerprint density at radius 1 is 1.37 bits per heavy atom. The minimum atomic E-state index is -0.291. The van der Waals surface area contributed by atoms with Crippen LogP contribution in [0.15, 0.2) is 35.4 Å². The van der Waals surface area contributed by atoms with Gasteiger partial charge in [0.1, 0.15) is 11.4 Å². The lowest BCUT2D eigenvalue weighted by molar-refractivity contribution is 0.303.